The van der Waals surface area contributed by atoms with Gasteiger partial charge in [-0.3, -0.25) is 0 Å². The Hall–Kier alpha value is -7.91. The molecule has 0 N–H and O–H groups in total. The van der Waals surface area contributed by atoms with E-state index in [-0.39, 0.29) is 21.1 Å². The quantitative estimate of drug-likeness (QED) is 0.146. The molecule has 0 radical (unpaired) electrons. The van der Waals surface area contributed by atoms with E-state index in [1.165, 1.54) is 4.57 Å². The first kappa shape index (κ1) is 37.3. The number of nitrogens with zero attached hydrogens (tertiary/aromatic N) is 4. The number of fused-ring (bicyclic) bond motifs is 7. The molecule has 0 aliphatic heterocycles. The summed E-state index contributed by atoms with van der Waals surface area (Å²) < 4.78 is 30.8. The maximum Gasteiger partial charge on any atom is 0.188 e. The van der Waals surface area contributed by atoms with E-state index in [0.717, 1.165) is 106 Å². The summed E-state index contributed by atoms with van der Waals surface area (Å²) in [5, 5.41) is 2.17. The third-order valence-corrected chi connectivity index (χ3v) is 13.5. The molecule has 3 aromatic heterocycles. The van der Waals surface area contributed by atoms with E-state index >= 15 is 0 Å². The predicted molar refractivity (Wildman–Crippen MR) is 270 cm³/mol. The molecule has 0 spiro atoms. The van der Waals surface area contributed by atoms with Gasteiger partial charge in [0, 0.05) is 67.1 Å². The van der Waals surface area contributed by atoms with Gasteiger partial charge in [-0.25, -0.2) is 14.1 Å². The summed E-state index contributed by atoms with van der Waals surface area (Å²) in [4.78, 5) is 5.17. The van der Waals surface area contributed by atoms with Crippen LogP contribution in [0.5, 0.6) is 0 Å². The molecule has 13 rings (SSSR count). The minimum absolute atomic E-state index is 0. The third kappa shape index (κ3) is 6.24. The number of para-hydroxylation sites is 3. The minimum atomic E-state index is -2.38. The summed E-state index contributed by atoms with van der Waals surface area (Å²) in [5.74, 6) is 0.783. The molecule has 0 amide bonds. The van der Waals surface area contributed by atoms with Gasteiger partial charge < -0.3 is 4.57 Å². The van der Waals surface area contributed by atoms with Crippen LogP contribution < -0.4 is 0 Å². The Bertz CT molecular complexity index is 3860. The second-order valence-electron chi connectivity index (χ2n) is 17.0. The van der Waals surface area contributed by atoms with Gasteiger partial charge in [-0.05, 0) is 91.4 Å². The standard InChI is InChI=1S/C62H41N4.Pt/c1-64-41-65(58-33-15-14-32-57(58)64)47-23-16-22-45(39-47)62(54-29-11-8-24-50(54)51-25-9-12-30-55(51)62)46-34-35-53-52-26-10-13-31-56(52)66(59(53)40-46)60-38-44(36-37-63-60)61-48(42-18-4-2-5-19-42)27-17-28-49(61)43-20-6-3-7-21-43;/h2-38,41H,1H3;/q-1;/i1D3;. The SMILES string of the molecule is [2H]C([2H])([2H])n1[cH+]n(-c2[c-]c(C3(c4[c-]c5c(cc4)c4ccccc4n5-c4cc(-c5c(-c6ccccc6)cccc5-c5ccccc5)ccn4)c4ccccc4-c4ccccc43)ccc2)c2ccccc21.[Pt]. The molecule has 0 saturated heterocycles. The third-order valence-electron chi connectivity index (χ3n) is 13.5. The molecule has 5 heteroatoms. The number of aryl methyl sites for hydroxylation is 1. The topological polar surface area (TPSA) is 27.7 Å². The number of hydrogen-bond donors (Lipinski definition) is 0. The molecule has 67 heavy (non-hydrogen) atoms. The summed E-state index contributed by atoms with van der Waals surface area (Å²) >= 11 is 0. The van der Waals surface area contributed by atoms with Gasteiger partial charge in [-0.15, -0.1) is 22.6 Å². The van der Waals surface area contributed by atoms with Crippen LogP contribution in [0.4, 0.5) is 0 Å². The van der Waals surface area contributed by atoms with Crippen LogP contribution in [0.1, 0.15) is 26.4 Å². The number of imidazole rings is 1. The van der Waals surface area contributed by atoms with Crippen molar-refractivity contribution in [2.24, 2.45) is 6.98 Å². The van der Waals surface area contributed by atoms with E-state index in [2.05, 4.69) is 205 Å². The normalized spacial score (nSPS) is 13.4. The molecule has 0 atom stereocenters. The number of hydrogen-bond acceptors (Lipinski definition) is 1. The van der Waals surface area contributed by atoms with Crippen molar-refractivity contribution in [2.45, 2.75) is 5.41 Å². The smallest absolute Gasteiger partial charge is 0.188 e. The van der Waals surface area contributed by atoms with Crippen molar-refractivity contribution in [3.05, 3.63) is 265 Å². The maximum absolute atomic E-state index is 8.41. The van der Waals surface area contributed by atoms with E-state index < -0.39 is 12.4 Å². The van der Waals surface area contributed by atoms with Crippen molar-refractivity contribution in [3.8, 4) is 56.0 Å². The zero-order valence-corrected chi connectivity index (χ0v) is 38.3. The average Bonchev–Trinajstić information content (AvgIpc) is 4.06. The van der Waals surface area contributed by atoms with E-state index in [4.69, 9.17) is 9.10 Å². The number of rotatable bonds is 7. The van der Waals surface area contributed by atoms with E-state index in [1.807, 2.05) is 41.1 Å². The Morgan fingerprint density at radius 3 is 1.78 bits per heavy atom. The molecule has 3 heterocycles. The minimum Gasteiger partial charge on any atom is -0.319 e. The van der Waals surface area contributed by atoms with Crippen LogP contribution in [0.2, 0.25) is 0 Å². The largest absolute Gasteiger partial charge is 0.319 e. The molecule has 1 aliphatic carbocycles. The first-order chi connectivity index (χ1) is 33.9. The first-order valence-electron chi connectivity index (χ1n) is 23.8. The van der Waals surface area contributed by atoms with Gasteiger partial charge in [0.15, 0.2) is 17.4 Å². The van der Waals surface area contributed by atoms with E-state index in [0.29, 0.717) is 5.52 Å². The van der Waals surface area contributed by atoms with Crippen molar-refractivity contribution in [1.29, 1.82) is 0 Å². The molecular weight excluding hydrogens is 996 g/mol. The zero-order valence-electron chi connectivity index (χ0n) is 39.0. The molecule has 0 bridgehead atoms. The van der Waals surface area contributed by atoms with Crippen molar-refractivity contribution >= 4 is 32.8 Å². The van der Waals surface area contributed by atoms with Crippen LogP contribution in [-0.4, -0.2) is 18.7 Å². The number of aromatic nitrogens is 4. The Balaban J connectivity index is 0.00000505. The van der Waals surface area contributed by atoms with Gasteiger partial charge in [-0.2, -0.15) is 30.3 Å². The Morgan fingerprint density at radius 2 is 1.07 bits per heavy atom. The fraction of sp³-hybridized carbons (Fsp3) is 0.0323. The fourth-order valence-corrected chi connectivity index (χ4v) is 10.7. The van der Waals surface area contributed by atoms with Crippen molar-refractivity contribution < 1.29 is 25.2 Å². The van der Waals surface area contributed by atoms with E-state index in [1.54, 1.807) is 6.33 Å². The molecule has 0 unspecified atom stereocenters. The number of pyridine rings is 1. The molecule has 0 fully saturated rings. The van der Waals surface area contributed by atoms with Crippen LogP contribution in [-0.2, 0) is 33.5 Å². The van der Waals surface area contributed by atoms with Crippen molar-refractivity contribution in [1.82, 2.24) is 18.7 Å². The summed E-state index contributed by atoms with van der Waals surface area (Å²) in [7, 11) is 0. The summed E-state index contributed by atoms with van der Waals surface area (Å²) in [6.45, 7) is -2.38. The van der Waals surface area contributed by atoms with Crippen LogP contribution in [0, 0.1) is 12.1 Å². The van der Waals surface area contributed by atoms with Gasteiger partial charge in [0.1, 0.15) is 5.82 Å². The molecular formula is C62H41N4Pt-. The summed E-state index contributed by atoms with van der Waals surface area (Å²) in [6, 6.07) is 84.3. The van der Waals surface area contributed by atoms with Gasteiger partial charge >= 0.3 is 0 Å². The zero-order chi connectivity index (χ0) is 46.3. The molecule has 9 aromatic carbocycles. The Kier molecular flexibility index (Phi) is 9.03. The molecule has 0 saturated carbocycles. The fourth-order valence-electron chi connectivity index (χ4n) is 10.7. The van der Waals surface area contributed by atoms with E-state index in [9.17, 15) is 0 Å². The summed E-state index contributed by atoms with van der Waals surface area (Å²) in [5.41, 5.74) is 16.4. The molecule has 320 valence electrons. The van der Waals surface area contributed by atoms with Crippen molar-refractivity contribution in [2.75, 3.05) is 0 Å². The molecule has 1 aliphatic rings. The van der Waals surface area contributed by atoms with Crippen LogP contribution in [0.15, 0.2) is 231 Å². The molecule has 4 nitrogen and oxygen atoms in total. The first-order valence-corrected chi connectivity index (χ1v) is 22.3. The Morgan fingerprint density at radius 1 is 0.493 bits per heavy atom. The Labute approximate surface area is 408 Å². The van der Waals surface area contributed by atoms with Gasteiger partial charge in [0.05, 0.1) is 0 Å². The van der Waals surface area contributed by atoms with Gasteiger partial charge in [-0.1, -0.05) is 157 Å². The monoisotopic (exact) mass is 1040 g/mol. The van der Waals surface area contributed by atoms with Gasteiger partial charge in [0.2, 0.25) is 0 Å². The van der Waals surface area contributed by atoms with Crippen LogP contribution in [0.25, 0.3) is 88.9 Å². The number of benzene rings is 9. The van der Waals surface area contributed by atoms with Gasteiger partial charge in [0.25, 0.3) is 0 Å². The summed E-state index contributed by atoms with van der Waals surface area (Å²) in [6.07, 6.45) is 3.60. The van der Waals surface area contributed by atoms with Crippen LogP contribution >= 0.6 is 0 Å². The predicted octanol–water partition coefficient (Wildman–Crippen LogP) is 14.7. The maximum atomic E-state index is 8.41. The second kappa shape index (κ2) is 16.2. The second-order valence-corrected chi connectivity index (χ2v) is 17.0. The van der Waals surface area contributed by atoms with Crippen molar-refractivity contribution in [3.63, 3.8) is 0 Å². The molecule has 12 aromatic rings. The average molecular weight is 1040 g/mol. The van der Waals surface area contributed by atoms with Crippen LogP contribution in [0.3, 0.4) is 0 Å².